The number of aryl methyl sites for hydroxylation is 1. The summed E-state index contributed by atoms with van der Waals surface area (Å²) in [4.78, 5) is 41.7. The average molecular weight is 450 g/mol. The summed E-state index contributed by atoms with van der Waals surface area (Å²) in [5, 5.41) is 3.00. The molecule has 2 aromatic carbocycles. The van der Waals surface area contributed by atoms with Gasteiger partial charge in [-0.05, 0) is 49.6 Å². The van der Waals surface area contributed by atoms with E-state index in [0.717, 1.165) is 22.6 Å². The van der Waals surface area contributed by atoms with Gasteiger partial charge in [0.2, 0.25) is 17.7 Å². The van der Waals surface area contributed by atoms with Gasteiger partial charge in [-0.2, -0.15) is 0 Å². The zero-order valence-electron chi connectivity index (χ0n) is 19.3. The average Bonchev–Trinajstić information content (AvgIpc) is 3.24. The van der Waals surface area contributed by atoms with Crippen molar-refractivity contribution in [2.75, 3.05) is 31.6 Å². The second-order valence-electron chi connectivity index (χ2n) is 8.91. The Bertz CT molecular complexity index is 995. The molecule has 2 aromatic rings. The standard InChI is InChI=1S/C26H31N3O4/c1-18-3-7-22(8-4-18)29-17-21(15-24(29)30)26(32)28-13-11-20(12-14-28)25(31)27-16-19-5-9-23(33-2)10-6-19/h3-10,20-21H,11-17H2,1-2H3,(H,27,31). The number of hydrogen-bond acceptors (Lipinski definition) is 4. The molecule has 7 nitrogen and oxygen atoms in total. The van der Waals surface area contributed by atoms with Gasteiger partial charge < -0.3 is 19.9 Å². The largest absolute Gasteiger partial charge is 0.497 e. The van der Waals surface area contributed by atoms with Crippen molar-refractivity contribution in [3.63, 3.8) is 0 Å². The number of ether oxygens (including phenoxy) is 1. The lowest BCUT2D eigenvalue weighted by Crippen LogP contribution is -2.45. The second kappa shape index (κ2) is 10.1. The lowest BCUT2D eigenvalue weighted by molar-refractivity contribution is -0.139. The molecule has 7 heteroatoms. The third-order valence-electron chi connectivity index (χ3n) is 6.62. The van der Waals surface area contributed by atoms with Crippen LogP contribution in [0, 0.1) is 18.8 Å². The Morgan fingerprint density at radius 1 is 1.00 bits per heavy atom. The predicted octanol–water partition coefficient (Wildman–Crippen LogP) is 2.91. The van der Waals surface area contributed by atoms with Crippen LogP contribution in [0.5, 0.6) is 5.75 Å². The van der Waals surface area contributed by atoms with Crippen molar-refractivity contribution in [2.24, 2.45) is 11.8 Å². The summed E-state index contributed by atoms with van der Waals surface area (Å²) in [6.07, 6.45) is 1.53. The predicted molar refractivity (Wildman–Crippen MR) is 126 cm³/mol. The second-order valence-corrected chi connectivity index (χ2v) is 8.91. The molecule has 1 N–H and O–H groups in total. The number of nitrogens with one attached hydrogen (secondary N) is 1. The molecule has 1 atom stereocenters. The van der Waals surface area contributed by atoms with Crippen LogP contribution in [0.1, 0.15) is 30.4 Å². The van der Waals surface area contributed by atoms with Gasteiger partial charge in [-0.3, -0.25) is 14.4 Å². The Morgan fingerprint density at radius 3 is 2.30 bits per heavy atom. The Kier molecular flexibility index (Phi) is 6.96. The Morgan fingerprint density at radius 2 is 1.67 bits per heavy atom. The molecule has 0 aliphatic carbocycles. The van der Waals surface area contributed by atoms with Crippen molar-refractivity contribution in [2.45, 2.75) is 32.7 Å². The molecule has 0 saturated carbocycles. The Hall–Kier alpha value is -3.35. The number of rotatable bonds is 6. The summed E-state index contributed by atoms with van der Waals surface area (Å²) >= 11 is 0. The molecule has 2 saturated heterocycles. The topological polar surface area (TPSA) is 79.0 Å². The van der Waals surface area contributed by atoms with E-state index in [2.05, 4.69) is 5.32 Å². The molecule has 2 heterocycles. The first-order chi connectivity index (χ1) is 15.9. The molecule has 0 spiro atoms. The van der Waals surface area contributed by atoms with Gasteiger partial charge in [-0.25, -0.2) is 0 Å². The molecule has 2 aliphatic heterocycles. The molecule has 1 unspecified atom stereocenters. The number of amides is 3. The van der Waals surface area contributed by atoms with Gasteiger partial charge in [-0.1, -0.05) is 29.8 Å². The van der Waals surface area contributed by atoms with Crippen LogP contribution < -0.4 is 15.0 Å². The molecule has 2 fully saturated rings. The fourth-order valence-corrected chi connectivity index (χ4v) is 4.54. The lowest BCUT2D eigenvalue weighted by Gasteiger charge is -2.33. The van der Waals surface area contributed by atoms with Gasteiger partial charge in [0.15, 0.2) is 0 Å². The van der Waals surface area contributed by atoms with E-state index in [1.165, 1.54) is 0 Å². The minimum Gasteiger partial charge on any atom is -0.497 e. The zero-order chi connectivity index (χ0) is 23.4. The van der Waals surface area contributed by atoms with Crippen molar-refractivity contribution in [1.82, 2.24) is 10.2 Å². The summed E-state index contributed by atoms with van der Waals surface area (Å²) in [7, 11) is 1.62. The van der Waals surface area contributed by atoms with Gasteiger partial charge in [-0.15, -0.1) is 0 Å². The van der Waals surface area contributed by atoms with Crippen molar-refractivity contribution in [1.29, 1.82) is 0 Å². The molecule has 4 rings (SSSR count). The van der Waals surface area contributed by atoms with E-state index >= 15 is 0 Å². The van der Waals surface area contributed by atoms with Crippen LogP contribution in [0.3, 0.4) is 0 Å². The number of piperidine rings is 1. The summed E-state index contributed by atoms with van der Waals surface area (Å²) in [5.41, 5.74) is 2.99. The monoisotopic (exact) mass is 449 g/mol. The van der Waals surface area contributed by atoms with E-state index in [9.17, 15) is 14.4 Å². The van der Waals surface area contributed by atoms with Gasteiger partial charge in [0, 0.05) is 44.2 Å². The SMILES string of the molecule is COc1ccc(CNC(=O)C2CCN(C(=O)C3CC(=O)N(c4ccc(C)cc4)C3)CC2)cc1. The molecule has 174 valence electrons. The van der Waals surface area contributed by atoms with Gasteiger partial charge in [0.1, 0.15) is 5.75 Å². The van der Waals surface area contributed by atoms with Gasteiger partial charge in [0.25, 0.3) is 0 Å². The quantitative estimate of drug-likeness (QED) is 0.736. The Balaban J connectivity index is 1.25. The first kappa shape index (κ1) is 22.8. The molecular weight excluding hydrogens is 418 g/mol. The van der Waals surface area contributed by atoms with Crippen LogP contribution in [-0.2, 0) is 20.9 Å². The van der Waals surface area contributed by atoms with E-state index in [-0.39, 0.29) is 36.0 Å². The fraction of sp³-hybridized carbons (Fsp3) is 0.423. The number of likely N-dealkylation sites (tertiary alicyclic amines) is 1. The fourth-order valence-electron chi connectivity index (χ4n) is 4.54. The third kappa shape index (κ3) is 5.35. The maximum absolute atomic E-state index is 13.1. The maximum Gasteiger partial charge on any atom is 0.228 e. The van der Waals surface area contributed by atoms with Crippen molar-refractivity contribution >= 4 is 23.4 Å². The molecule has 2 aliphatic rings. The van der Waals surface area contributed by atoms with Crippen LogP contribution in [0.2, 0.25) is 0 Å². The number of hydrogen-bond donors (Lipinski definition) is 1. The van der Waals surface area contributed by atoms with E-state index in [1.54, 1.807) is 12.0 Å². The van der Waals surface area contributed by atoms with Gasteiger partial charge in [0.05, 0.1) is 13.0 Å². The zero-order valence-corrected chi connectivity index (χ0v) is 19.3. The van der Waals surface area contributed by atoms with E-state index in [4.69, 9.17) is 4.74 Å². The van der Waals surface area contributed by atoms with E-state index in [0.29, 0.717) is 39.0 Å². The van der Waals surface area contributed by atoms with Crippen molar-refractivity contribution in [3.8, 4) is 5.75 Å². The number of methoxy groups -OCH3 is 1. The number of anilines is 1. The molecule has 0 bridgehead atoms. The summed E-state index contributed by atoms with van der Waals surface area (Å²) in [6.45, 7) is 4.00. The normalized spacial score (nSPS) is 19.0. The Labute approximate surface area is 194 Å². The summed E-state index contributed by atoms with van der Waals surface area (Å²) < 4.78 is 5.15. The first-order valence-electron chi connectivity index (χ1n) is 11.5. The lowest BCUT2D eigenvalue weighted by atomic mass is 9.94. The number of carbonyl (C=O) groups excluding carboxylic acids is 3. The highest BCUT2D eigenvalue weighted by atomic mass is 16.5. The number of carbonyl (C=O) groups is 3. The van der Waals surface area contributed by atoms with Crippen LogP contribution >= 0.6 is 0 Å². The van der Waals surface area contributed by atoms with Crippen molar-refractivity contribution < 1.29 is 19.1 Å². The first-order valence-corrected chi connectivity index (χ1v) is 11.5. The summed E-state index contributed by atoms with van der Waals surface area (Å²) in [6, 6.07) is 15.4. The molecule has 33 heavy (non-hydrogen) atoms. The minimum absolute atomic E-state index is 0.00926. The molecule has 0 radical (unpaired) electrons. The molecular formula is C26H31N3O4. The van der Waals surface area contributed by atoms with E-state index in [1.807, 2.05) is 60.4 Å². The smallest absolute Gasteiger partial charge is 0.228 e. The van der Waals surface area contributed by atoms with Gasteiger partial charge >= 0.3 is 0 Å². The van der Waals surface area contributed by atoms with Crippen LogP contribution in [0.4, 0.5) is 5.69 Å². The number of benzene rings is 2. The van der Waals surface area contributed by atoms with Crippen LogP contribution in [0.25, 0.3) is 0 Å². The molecule has 3 amide bonds. The summed E-state index contributed by atoms with van der Waals surface area (Å²) in [5.74, 6) is 0.411. The van der Waals surface area contributed by atoms with Crippen LogP contribution in [0.15, 0.2) is 48.5 Å². The van der Waals surface area contributed by atoms with Crippen molar-refractivity contribution in [3.05, 3.63) is 59.7 Å². The highest BCUT2D eigenvalue weighted by Crippen LogP contribution is 2.28. The third-order valence-corrected chi connectivity index (χ3v) is 6.62. The maximum atomic E-state index is 13.1. The molecule has 0 aromatic heterocycles. The highest BCUT2D eigenvalue weighted by Gasteiger charge is 2.38. The highest BCUT2D eigenvalue weighted by molar-refractivity contribution is 6.00. The van der Waals surface area contributed by atoms with Crippen LogP contribution in [-0.4, -0.2) is 49.4 Å². The minimum atomic E-state index is -0.320. The number of nitrogens with zero attached hydrogens (tertiary/aromatic N) is 2. The van der Waals surface area contributed by atoms with E-state index < -0.39 is 0 Å².